The van der Waals surface area contributed by atoms with Crippen LogP contribution >= 0.6 is 15.9 Å². The van der Waals surface area contributed by atoms with Crippen molar-refractivity contribution in [1.82, 2.24) is 0 Å². The summed E-state index contributed by atoms with van der Waals surface area (Å²) < 4.78 is 0.875. The first-order valence-electron chi connectivity index (χ1n) is 6.72. The van der Waals surface area contributed by atoms with Crippen molar-refractivity contribution in [2.45, 2.75) is 24.7 Å². The van der Waals surface area contributed by atoms with Gasteiger partial charge in [0.25, 0.3) is 0 Å². The van der Waals surface area contributed by atoms with Crippen LogP contribution in [-0.4, -0.2) is 11.1 Å². The second-order valence-corrected chi connectivity index (χ2v) is 6.10. The molecule has 1 aliphatic rings. The van der Waals surface area contributed by atoms with Crippen LogP contribution < -0.4 is 0 Å². The van der Waals surface area contributed by atoms with Crippen LogP contribution in [0.4, 0.5) is 0 Å². The Kier molecular flexibility index (Phi) is 3.62. The zero-order chi connectivity index (χ0) is 14.1. The molecule has 0 spiro atoms. The number of carboxylic acid groups (broad SMARTS) is 1. The minimum atomic E-state index is -0.749. The predicted molar refractivity (Wildman–Crippen MR) is 82.0 cm³/mol. The van der Waals surface area contributed by atoms with E-state index in [-0.39, 0.29) is 0 Å². The summed E-state index contributed by atoms with van der Waals surface area (Å²) in [6.07, 6.45) is 1.65. The van der Waals surface area contributed by atoms with Crippen LogP contribution in [0.1, 0.15) is 34.9 Å². The third-order valence-electron chi connectivity index (χ3n) is 4.06. The standard InChI is InChI=1S/C17H15BrO2/c18-16-8-4-3-7-14(16)15(17(19)20)10-12-9-11-5-1-2-6-13(11)12/h1-8,12,15H,9-10H2,(H,19,20). The first kappa shape index (κ1) is 13.4. The molecule has 2 nitrogen and oxygen atoms in total. The Morgan fingerprint density at radius 1 is 1.20 bits per heavy atom. The molecule has 0 amide bonds. The molecular weight excluding hydrogens is 316 g/mol. The average Bonchev–Trinajstić information content (AvgIpc) is 2.41. The van der Waals surface area contributed by atoms with Gasteiger partial charge in [-0.3, -0.25) is 4.79 Å². The van der Waals surface area contributed by atoms with Crippen LogP contribution in [0.2, 0.25) is 0 Å². The Labute approximate surface area is 126 Å². The smallest absolute Gasteiger partial charge is 0.311 e. The Bertz CT molecular complexity index is 651. The number of hydrogen-bond acceptors (Lipinski definition) is 1. The lowest BCUT2D eigenvalue weighted by atomic mass is 9.72. The zero-order valence-electron chi connectivity index (χ0n) is 10.9. The molecule has 3 heteroatoms. The van der Waals surface area contributed by atoms with E-state index in [0.717, 1.165) is 16.5 Å². The third-order valence-corrected chi connectivity index (χ3v) is 4.78. The van der Waals surface area contributed by atoms with Gasteiger partial charge in [-0.2, -0.15) is 0 Å². The number of aliphatic carboxylic acids is 1. The average molecular weight is 331 g/mol. The highest BCUT2D eigenvalue weighted by Gasteiger charge is 2.32. The molecule has 1 N–H and O–H groups in total. The number of fused-ring (bicyclic) bond motifs is 1. The number of carboxylic acids is 1. The van der Waals surface area contributed by atoms with Crippen molar-refractivity contribution in [1.29, 1.82) is 0 Å². The van der Waals surface area contributed by atoms with Crippen LogP contribution in [-0.2, 0) is 11.2 Å². The molecule has 2 unspecified atom stereocenters. The Morgan fingerprint density at radius 3 is 2.60 bits per heavy atom. The summed E-state index contributed by atoms with van der Waals surface area (Å²) in [4.78, 5) is 11.6. The highest BCUT2D eigenvalue weighted by molar-refractivity contribution is 9.10. The monoisotopic (exact) mass is 330 g/mol. The van der Waals surface area contributed by atoms with E-state index in [9.17, 15) is 9.90 Å². The Morgan fingerprint density at radius 2 is 1.90 bits per heavy atom. The van der Waals surface area contributed by atoms with Gasteiger partial charge in [-0.15, -0.1) is 0 Å². The lowest BCUT2D eigenvalue weighted by Crippen LogP contribution is -2.23. The number of benzene rings is 2. The molecule has 20 heavy (non-hydrogen) atoms. The van der Waals surface area contributed by atoms with Gasteiger partial charge >= 0.3 is 5.97 Å². The van der Waals surface area contributed by atoms with Crippen LogP contribution in [0.5, 0.6) is 0 Å². The Hall–Kier alpha value is -1.61. The molecular formula is C17H15BrO2. The first-order valence-corrected chi connectivity index (χ1v) is 7.51. The first-order chi connectivity index (χ1) is 9.66. The third kappa shape index (κ3) is 2.38. The summed E-state index contributed by atoms with van der Waals surface area (Å²) in [5, 5.41) is 9.55. The maximum atomic E-state index is 11.6. The van der Waals surface area contributed by atoms with Gasteiger partial charge in [0.15, 0.2) is 0 Å². The van der Waals surface area contributed by atoms with Gasteiger partial charge in [-0.1, -0.05) is 58.4 Å². The van der Waals surface area contributed by atoms with Crippen molar-refractivity contribution in [3.05, 3.63) is 69.7 Å². The summed E-state index contributed by atoms with van der Waals surface area (Å²) in [7, 11) is 0. The fraction of sp³-hybridized carbons (Fsp3) is 0.235. The maximum absolute atomic E-state index is 11.6. The summed E-state index contributed by atoms with van der Waals surface area (Å²) >= 11 is 3.46. The van der Waals surface area contributed by atoms with E-state index in [4.69, 9.17) is 0 Å². The minimum Gasteiger partial charge on any atom is -0.481 e. The lowest BCUT2D eigenvalue weighted by molar-refractivity contribution is -0.139. The van der Waals surface area contributed by atoms with Crippen LogP contribution in [0, 0.1) is 0 Å². The SMILES string of the molecule is O=C(O)C(CC1Cc2ccccc21)c1ccccc1Br. The van der Waals surface area contributed by atoms with E-state index in [1.807, 2.05) is 36.4 Å². The molecule has 0 aromatic heterocycles. The van der Waals surface area contributed by atoms with E-state index in [2.05, 4.69) is 28.1 Å². The summed E-state index contributed by atoms with van der Waals surface area (Å²) in [6.45, 7) is 0. The van der Waals surface area contributed by atoms with Gasteiger partial charge < -0.3 is 5.11 Å². The molecule has 1 aliphatic carbocycles. The van der Waals surface area contributed by atoms with Crippen molar-refractivity contribution in [2.24, 2.45) is 0 Å². The molecule has 0 saturated carbocycles. The Balaban J connectivity index is 1.84. The number of rotatable bonds is 4. The molecule has 3 rings (SSSR count). The van der Waals surface area contributed by atoms with Crippen molar-refractivity contribution in [2.75, 3.05) is 0 Å². The zero-order valence-corrected chi connectivity index (χ0v) is 12.5. The van der Waals surface area contributed by atoms with Gasteiger partial charge in [-0.25, -0.2) is 0 Å². The normalized spacial score (nSPS) is 17.9. The second kappa shape index (κ2) is 5.41. The molecule has 2 aromatic rings. The van der Waals surface area contributed by atoms with Crippen molar-refractivity contribution < 1.29 is 9.90 Å². The van der Waals surface area contributed by atoms with Gasteiger partial charge in [0, 0.05) is 4.47 Å². The van der Waals surface area contributed by atoms with Gasteiger partial charge in [0.2, 0.25) is 0 Å². The van der Waals surface area contributed by atoms with Gasteiger partial charge in [-0.05, 0) is 41.5 Å². The predicted octanol–water partition coefficient (Wildman–Crippen LogP) is 4.35. The minimum absolute atomic E-state index is 0.361. The van der Waals surface area contributed by atoms with E-state index < -0.39 is 11.9 Å². The molecule has 0 fully saturated rings. The summed E-state index contributed by atoms with van der Waals surface area (Å²) in [5.41, 5.74) is 3.53. The highest BCUT2D eigenvalue weighted by atomic mass is 79.9. The molecule has 102 valence electrons. The quantitative estimate of drug-likeness (QED) is 0.904. The number of hydrogen-bond donors (Lipinski definition) is 1. The van der Waals surface area contributed by atoms with Crippen molar-refractivity contribution in [3.63, 3.8) is 0 Å². The number of halogens is 1. The summed E-state index contributed by atoms with van der Waals surface area (Å²) in [6, 6.07) is 15.9. The molecule has 0 heterocycles. The molecule has 2 aromatic carbocycles. The highest BCUT2D eigenvalue weighted by Crippen LogP contribution is 2.42. The largest absolute Gasteiger partial charge is 0.481 e. The van der Waals surface area contributed by atoms with Crippen molar-refractivity contribution >= 4 is 21.9 Å². The molecule has 0 saturated heterocycles. The molecule has 0 bridgehead atoms. The fourth-order valence-corrected chi connectivity index (χ4v) is 3.54. The van der Waals surface area contributed by atoms with E-state index in [1.165, 1.54) is 11.1 Å². The molecule has 0 radical (unpaired) electrons. The van der Waals surface area contributed by atoms with E-state index in [1.54, 1.807) is 0 Å². The maximum Gasteiger partial charge on any atom is 0.311 e. The van der Waals surface area contributed by atoms with E-state index >= 15 is 0 Å². The second-order valence-electron chi connectivity index (χ2n) is 5.25. The van der Waals surface area contributed by atoms with Crippen molar-refractivity contribution in [3.8, 4) is 0 Å². The molecule has 0 aliphatic heterocycles. The van der Waals surface area contributed by atoms with Crippen LogP contribution in [0.25, 0.3) is 0 Å². The topological polar surface area (TPSA) is 37.3 Å². The number of carbonyl (C=O) groups is 1. The van der Waals surface area contributed by atoms with Gasteiger partial charge in [0.1, 0.15) is 0 Å². The van der Waals surface area contributed by atoms with Crippen LogP contribution in [0.3, 0.4) is 0 Å². The lowest BCUT2D eigenvalue weighted by Gasteiger charge is -2.32. The summed E-state index contributed by atoms with van der Waals surface area (Å²) in [5.74, 6) is -0.843. The fourth-order valence-electron chi connectivity index (χ4n) is 2.98. The van der Waals surface area contributed by atoms with E-state index in [0.29, 0.717) is 12.3 Å². The van der Waals surface area contributed by atoms with Crippen LogP contribution in [0.15, 0.2) is 53.0 Å². The molecule has 2 atom stereocenters. The van der Waals surface area contributed by atoms with Gasteiger partial charge in [0.05, 0.1) is 5.92 Å².